The lowest BCUT2D eigenvalue weighted by molar-refractivity contribution is -0.140. The highest BCUT2D eigenvalue weighted by Gasteiger charge is 2.67. The second kappa shape index (κ2) is 28.7. The zero-order valence-electron chi connectivity index (χ0n) is 57.6. The van der Waals surface area contributed by atoms with Crippen molar-refractivity contribution in [2.24, 2.45) is 0 Å². The summed E-state index contributed by atoms with van der Waals surface area (Å²) >= 11 is 22.8. The lowest BCUT2D eigenvalue weighted by atomic mass is 9.76. The maximum absolute atomic E-state index is 14.2. The van der Waals surface area contributed by atoms with Gasteiger partial charge < -0.3 is 38.5 Å². The molecule has 0 aliphatic carbocycles. The zero-order valence-corrected chi connectivity index (χ0v) is 61.4. The predicted molar refractivity (Wildman–Crippen MR) is 416 cm³/mol. The molecule has 107 heavy (non-hydrogen) atoms. The van der Waals surface area contributed by atoms with Crippen LogP contribution in [0.25, 0.3) is 11.5 Å². The molecule has 4 atom stereocenters. The Hall–Kier alpha value is -11.7. The van der Waals surface area contributed by atoms with Crippen LogP contribution in [-0.4, -0.2) is 54.9 Å². The molecule has 0 aromatic heterocycles. The summed E-state index contributed by atoms with van der Waals surface area (Å²) in [6.45, 7) is 10.2. The molecule has 0 radical (unpaired) electrons. The number of carbonyl (C=O) groups excluding carboxylic acids is 7. The van der Waals surface area contributed by atoms with E-state index in [4.69, 9.17) is 53.8 Å². The van der Waals surface area contributed by atoms with Gasteiger partial charge in [-0.1, -0.05) is 270 Å². The topological polar surface area (TPSA) is 169 Å². The number of ketones is 2. The Balaban J connectivity index is 0.000000117. The van der Waals surface area contributed by atoms with Crippen LogP contribution < -0.4 is 19.6 Å². The Morgan fingerprint density at radius 3 is 1.30 bits per heavy atom. The summed E-state index contributed by atoms with van der Waals surface area (Å²) in [6.07, 6.45) is 5.11. The molecule has 0 saturated heterocycles. The molecule has 10 aromatic carbocycles. The maximum atomic E-state index is 14.2. The van der Waals surface area contributed by atoms with Gasteiger partial charge in [0, 0.05) is 72.8 Å². The van der Waals surface area contributed by atoms with E-state index >= 15 is 0 Å². The summed E-state index contributed by atoms with van der Waals surface area (Å²) in [5.41, 5.74) is 7.54. The molecule has 4 spiro atoms. The first kappa shape index (κ1) is 71.0. The van der Waals surface area contributed by atoms with Gasteiger partial charge in [0.05, 0.1) is 69.6 Å². The number of nitrogens with zero attached hydrogens (tertiary/aromatic N) is 4. The fraction of sp³-hybridized carbons (Fsp3) is 0.125. The van der Waals surface area contributed by atoms with Gasteiger partial charge in [-0.2, -0.15) is 0 Å². The van der Waals surface area contributed by atoms with Crippen LogP contribution in [0.5, 0.6) is 0 Å². The van der Waals surface area contributed by atoms with Crippen molar-refractivity contribution >= 4 is 127 Å². The van der Waals surface area contributed by atoms with E-state index in [1.807, 2.05) is 195 Å². The number of ether oxygens (including phenoxy) is 4. The largest absolute Gasteiger partial charge is 0.478 e. The number of benzene rings is 10. The van der Waals surface area contributed by atoms with E-state index < -0.39 is 22.4 Å². The first-order valence-electron chi connectivity index (χ1n) is 34.6. The van der Waals surface area contributed by atoms with Crippen molar-refractivity contribution in [3.63, 3.8) is 0 Å². The van der Waals surface area contributed by atoms with E-state index in [0.29, 0.717) is 114 Å². The van der Waals surface area contributed by atoms with Crippen LogP contribution in [0.4, 0.5) is 22.7 Å². The number of fused-ring (bicyclic) bond motifs is 8. The smallest absolute Gasteiger partial charge is 0.281 e. The van der Waals surface area contributed by atoms with Crippen molar-refractivity contribution < 1.29 is 52.5 Å². The lowest BCUT2D eigenvalue weighted by Gasteiger charge is -2.42. The number of hydrogen-bond acceptors (Lipinski definition) is 12. The van der Waals surface area contributed by atoms with Gasteiger partial charge in [-0.15, -0.1) is 0 Å². The highest BCUT2D eigenvalue weighted by molar-refractivity contribution is 9.10. The molecule has 0 fully saturated rings. The highest BCUT2D eigenvalue weighted by Crippen LogP contribution is 2.62. The standard InChI is InChI=1S/C30H20ClNO3.C26H20ClNO3.C18H12ClNO3.C14H12BrNO2/c31-24-18-10-17-23-26(24)32(19-20-11-4-1-5-12-20)29(34)30(23)25(27(33)21-13-6-2-7-14-21)28(35-30)22-15-8-3-9-16-22;1-2-15-28-21-14-13-19(27)16-20(21)26(25(28)30)22(23(29)17-9-5-3-6-10-17)24(31-26)18-11-7-4-8-12-18;19-15-8-4-7-14-16(15)20(9-12-5-2-1-3-6-12)17(22)18(14)13(10-21)11-23-18;1-3-16-9(2)14(10(7-17)8-18-14)12-6-11(15)4-5-13(12)16/h1-18H,19H2;3-14,16H,2,15H2,1H3;1-8,10-11H,9H2;4-8H,2-3H2,1H3/t30-;26-;18-;14-/m1100/s1. The van der Waals surface area contributed by atoms with Crippen molar-refractivity contribution in [2.45, 2.75) is 55.8 Å². The fourth-order valence-corrected chi connectivity index (χ4v) is 16.2. The van der Waals surface area contributed by atoms with Gasteiger partial charge in [-0.05, 0) is 73.0 Å². The molecule has 8 aliphatic heterocycles. The molecular formula is C88H64BrCl3N4O11. The van der Waals surface area contributed by atoms with E-state index in [0.717, 1.165) is 68.6 Å². The summed E-state index contributed by atoms with van der Waals surface area (Å²) in [4.78, 5) is 98.1. The minimum Gasteiger partial charge on any atom is -0.478 e. The van der Waals surface area contributed by atoms with Crippen molar-refractivity contribution in [3.05, 3.63) is 377 Å². The van der Waals surface area contributed by atoms with E-state index in [2.05, 4.69) is 34.3 Å². The van der Waals surface area contributed by atoms with Gasteiger partial charge in [0.15, 0.2) is 24.1 Å². The summed E-state index contributed by atoms with van der Waals surface area (Å²) in [7, 11) is 0. The van der Waals surface area contributed by atoms with Gasteiger partial charge in [0.1, 0.15) is 22.7 Å². The number of likely N-dealkylation sites (N-methyl/N-ethyl adjacent to an activating group) is 1. The summed E-state index contributed by atoms with van der Waals surface area (Å²) < 4.78 is 24.8. The zero-order chi connectivity index (χ0) is 74.5. The number of aldehydes is 2. The van der Waals surface area contributed by atoms with E-state index in [1.165, 1.54) is 12.5 Å². The molecule has 0 N–H and O–H groups in total. The summed E-state index contributed by atoms with van der Waals surface area (Å²) in [6, 6.07) is 78.1. The van der Waals surface area contributed by atoms with Crippen LogP contribution in [-0.2, 0) is 78.4 Å². The number of carbonyl (C=O) groups is 7. The third kappa shape index (κ3) is 11.4. The van der Waals surface area contributed by atoms with E-state index in [1.54, 1.807) is 81.4 Å². The molecule has 19 heteroatoms. The lowest BCUT2D eigenvalue weighted by Crippen LogP contribution is -2.51. The molecule has 8 heterocycles. The second-order valence-corrected chi connectivity index (χ2v) is 28.2. The van der Waals surface area contributed by atoms with Gasteiger partial charge in [0.25, 0.3) is 17.7 Å². The average Bonchev–Trinajstić information content (AvgIpc) is 1.57. The monoisotopic (exact) mass is 1540 g/mol. The molecule has 10 aromatic rings. The first-order chi connectivity index (χ1) is 52.0. The van der Waals surface area contributed by atoms with E-state index in [9.17, 15) is 33.6 Å². The number of rotatable bonds is 15. The molecule has 0 saturated carbocycles. The number of hydrogen-bond donors (Lipinski definition) is 0. The third-order valence-corrected chi connectivity index (χ3v) is 21.4. The van der Waals surface area contributed by atoms with Crippen LogP contribution in [0.15, 0.2) is 306 Å². The molecule has 3 amide bonds. The summed E-state index contributed by atoms with van der Waals surface area (Å²) in [5, 5.41) is 1.39. The van der Waals surface area contributed by atoms with Crippen LogP contribution >= 0.6 is 50.7 Å². The quantitative estimate of drug-likeness (QED) is 0.0704. The van der Waals surface area contributed by atoms with Crippen LogP contribution in [0.1, 0.15) is 85.5 Å². The minimum atomic E-state index is -1.55. The van der Waals surface area contributed by atoms with Crippen molar-refractivity contribution in [3.8, 4) is 0 Å². The number of anilines is 4. The van der Waals surface area contributed by atoms with Crippen molar-refractivity contribution in [2.75, 3.05) is 32.7 Å². The molecular weight excluding hydrogens is 1480 g/mol. The van der Waals surface area contributed by atoms with Gasteiger partial charge in [-0.25, -0.2) is 0 Å². The maximum Gasteiger partial charge on any atom is 0.281 e. The molecule has 8 aliphatic rings. The molecule has 530 valence electrons. The SMILES string of the molecule is C=C1N(CC)c2ccc(Br)cc2[C@]12OC=C2C=O.CCCN1C(=O)[C@@]2(OC(c3ccccc3)=C2C(=O)c2ccccc2)c2cc(Cl)ccc21.O=C(C1=C(c2ccccc2)O[C@@]12C(=O)N(Cc1ccccc1)c1c(Cl)cccc12)c1ccccc1.O=CC1=CO[C@@]12C(=O)N(Cc1ccccc1)c1c(Cl)cccc12. The number of halogens is 4. The second-order valence-electron chi connectivity index (χ2n) is 26.1. The Bertz CT molecular complexity index is 5450. The van der Waals surface area contributed by atoms with Crippen molar-refractivity contribution in [1.29, 1.82) is 0 Å². The molecule has 0 unspecified atom stereocenters. The van der Waals surface area contributed by atoms with Crippen LogP contribution in [0, 0.1) is 0 Å². The Labute approximate surface area is 640 Å². The molecule has 18 rings (SSSR count). The molecule has 15 nitrogen and oxygen atoms in total. The normalized spacial score (nSPS) is 20.3. The minimum absolute atomic E-state index is 0.219. The van der Waals surface area contributed by atoms with Gasteiger partial charge in [-0.3, -0.25) is 33.6 Å². The number of amides is 3. The first-order valence-corrected chi connectivity index (χ1v) is 36.5. The van der Waals surface area contributed by atoms with Crippen LogP contribution in [0.3, 0.4) is 0 Å². The Kier molecular flexibility index (Phi) is 19.0. The van der Waals surface area contributed by atoms with Gasteiger partial charge in [0.2, 0.25) is 22.4 Å². The van der Waals surface area contributed by atoms with Crippen molar-refractivity contribution in [1.82, 2.24) is 0 Å². The van der Waals surface area contributed by atoms with Gasteiger partial charge >= 0.3 is 0 Å². The molecule has 0 bridgehead atoms. The average molecular weight is 1540 g/mol. The van der Waals surface area contributed by atoms with E-state index in [-0.39, 0.29) is 29.3 Å². The third-order valence-electron chi connectivity index (χ3n) is 20.1. The highest BCUT2D eigenvalue weighted by atomic mass is 79.9. The Morgan fingerprint density at radius 1 is 0.449 bits per heavy atom. The number of Topliss-reactive ketones (excluding diaryl/α,β-unsaturated/α-hetero) is 2. The Morgan fingerprint density at radius 2 is 0.850 bits per heavy atom. The predicted octanol–water partition coefficient (Wildman–Crippen LogP) is 18.3. The number of para-hydroxylation sites is 2. The fourth-order valence-electron chi connectivity index (χ4n) is 15.1. The summed E-state index contributed by atoms with van der Waals surface area (Å²) in [5.74, 6) is -0.449. The van der Waals surface area contributed by atoms with Crippen LogP contribution in [0.2, 0.25) is 15.1 Å².